The average molecular weight is 407 g/mol. The van der Waals surface area contributed by atoms with Crippen LogP contribution < -0.4 is 10.1 Å². The molecule has 7 nitrogen and oxygen atoms in total. The largest absolute Gasteiger partial charge is 0.482 e. The second-order valence-electron chi connectivity index (χ2n) is 5.95. The van der Waals surface area contributed by atoms with Gasteiger partial charge in [-0.25, -0.2) is 0 Å². The van der Waals surface area contributed by atoms with Gasteiger partial charge in [0.1, 0.15) is 11.4 Å². The Morgan fingerprint density at radius 3 is 2.66 bits per heavy atom. The van der Waals surface area contributed by atoms with Crippen LogP contribution in [0.1, 0.15) is 0 Å². The number of rotatable bonds is 6. The van der Waals surface area contributed by atoms with Crippen molar-refractivity contribution in [2.75, 3.05) is 11.9 Å². The molecule has 0 aliphatic carbocycles. The molecule has 0 atom stereocenters. The van der Waals surface area contributed by atoms with Gasteiger partial charge in [0.2, 0.25) is 5.82 Å². The molecule has 0 saturated heterocycles. The maximum atomic E-state index is 12.4. The third kappa shape index (κ3) is 4.41. The fourth-order valence-electron chi connectivity index (χ4n) is 2.60. The van der Waals surface area contributed by atoms with Gasteiger partial charge in [0.15, 0.2) is 6.61 Å². The zero-order chi connectivity index (χ0) is 20.1. The molecule has 4 aromatic rings. The molecule has 0 unspecified atom stereocenters. The Morgan fingerprint density at radius 2 is 1.83 bits per heavy atom. The number of benzene rings is 2. The zero-order valence-corrected chi connectivity index (χ0v) is 15.8. The lowest BCUT2D eigenvalue weighted by atomic mass is 10.1. The molecular weight excluding hydrogens is 392 g/mol. The smallest absolute Gasteiger partial charge is 0.262 e. The standard InChI is InChI=1S/C21H15ClN4O3/c22-15-8-2-4-11-18(15)28-13-19(27)24-16-9-3-1-7-14(16)21-25-20(26-29-21)17-10-5-6-12-23-17/h1-12H,13H2,(H,24,27). The molecule has 29 heavy (non-hydrogen) atoms. The number of carbonyl (C=O) groups excluding carboxylic acids is 1. The fourth-order valence-corrected chi connectivity index (χ4v) is 2.79. The number of anilines is 1. The van der Waals surface area contributed by atoms with Crippen LogP contribution in [-0.2, 0) is 4.79 Å². The van der Waals surface area contributed by atoms with Gasteiger partial charge in [0.05, 0.1) is 16.3 Å². The van der Waals surface area contributed by atoms with Crippen LogP contribution in [0.15, 0.2) is 77.4 Å². The van der Waals surface area contributed by atoms with E-state index in [2.05, 4.69) is 20.4 Å². The Hall–Kier alpha value is -3.71. The van der Waals surface area contributed by atoms with Crippen molar-refractivity contribution in [2.45, 2.75) is 0 Å². The van der Waals surface area contributed by atoms with Crippen molar-refractivity contribution in [1.29, 1.82) is 0 Å². The number of ether oxygens (including phenoxy) is 1. The number of carbonyl (C=O) groups is 1. The van der Waals surface area contributed by atoms with E-state index in [1.807, 2.05) is 12.1 Å². The maximum absolute atomic E-state index is 12.4. The number of amides is 1. The lowest BCUT2D eigenvalue weighted by Crippen LogP contribution is -2.20. The van der Waals surface area contributed by atoms with Gasteiger partial charge in [-0.05, 0) is 36.4 Å². The van der Waals surface area contributed by atoms with Crippen LogP contribution >= 0.6 is 11.6 Å². The lowest BCUT2D eigenvalue weighted by molar-refractivity contribution is -0.118. The Kier molecular flexibility index (Phi) is 5.49. The van der Waals surface area contributed by atoms with Crippen LogP contribution in [-0.4, -0.2) is 27.6 Å². The fraction of sp³-hybridized carbons (Fsp3) is 0.0476. The first-order valence-electron chi connectivity index (χ1n) is 8.72. The first-order valence-corrected chi connectivity index (χ1v) is 9.10. The molecular formula is C21H15ClN4O3. The number of pyridine rings is 1. The van der Waals surface area contributed by atoms with E-state index >= 15 is 0 Å². The van der Waals surface area contributed by atoms with Crippen LogP contribution in [0.4, 0.5) is 5.69 Å². The number of para-hydroxylation sites is 2. The Balaban J connectivity index is 1.49. The summed E-state index contributed by atoms with van der Waals surface area (Å²) in [5.41, 5.74) is 1.71. The molecule has 0 saturated carbocycles. The molecule has 0 radical (unpaired) electrons. The molecule has 2 aromatic heterocycles. The van der Waals surface area contributed by atoms with Crippen LogP contribution in [0.25, 0.3) is 23.0 Å². The highest BCUT2D eigenvalue weighted by atomic mass is 35.5. The molecule has 0 spiro atoms. The summed E-state index contributed by atoms with van der Waals surface area (Å²) >= 11 is 6.04. The molecule has 4 rings (SSSR count). The second kappa shape index (κ2) is 8.53. The molecule has 2 heterocycles. The summed E-state index contributed by atoms with van der Waals surface area (Å²) in [6.07, 6.45) is 1.65. The van der Waals surface area contributed by atoms with Crippen molar-refractivity contribution >= 4 is 23.2 Å². The van der Waals surface area contributed by atoms with Crippen molar-refractivity contribution in [2.24, 2.45) is 0 Å². The van der Waals surface area contributed by atoms with Crippen LogP contribution in [0, 0.1) is 0 Å². The topological polar surface area (TPSA) is 90.1 Å². The summed E-state index contributed by atoms with van der Waals surface area (Å²) in [6, 6.07) is 19.5. The van der Waals surface area contributed by atoms with Gasteiger partial charge in [0, 0.05) is 6.20 Å². The second-order valence-corrected chi connectivity index (χ2v) is 6.36. The summed E-state index contributed by atoms with van der Waals surface area (Å²) in [5, 5.41) is 7.20. The molecule has 8 heteroatoms. The van der Waals surface area contributed by atoms with Gasteiger partial charge in [-0.3, -0.25) is 9.78 Å². The molecule has 2 aromatic carbocycles. The van der Waals surface area contributed by atoms with Crippen LogP contribution in [0.5, 0.6) is 5.75 Å². The van der Waals surface area contributed by atoms with Crippen molar-refractivity contribution in [3.63, 3.8) is 0 Å². The summed E-state index contributed by atoms with van der Waals surface area (Å²) in [6.45, 7) is -0.193. The highest BCUT2D eigenvalue weighted by molar-refractivity contribution is 6.32. The highest BCUT2D eigenvalue weighted by Crippen LogP contribution is 2.28. The van der Waals surface area contributed by atoms with Crippen LogP contribution in [0.3, 0.4) is 0 Å². The third-order valence-electron chi connectivity index (χ3n) is 3.95. The van der Waals surface area contributed by atoms with E-state index in [-0.39, 0.29) is 18.4 Å². The van der Waals surface area contributed by atoms with E-state index in [4.69, 9.17) is 20.9 Å². The maximum Gasteiger partial charge on any atom is 0.262 e. The average Bonchev–Trinajstić information content (AvgIpc) is 3.24. The number of nitrogens with one attached hydrogen (secondary N) is 1. The normalized spacial score (nSPS) is 10.5. The number of halogens is 1. The predicted molar refractivity (Wildman–Crippen MR) is 109 cm³/mol. The molecule has 0 aliphatic rings. The summed E-state index contributed by atoms with van der Waals surface area (Å²) in [4.78, 5) is 20.9. The molecule has 1 N–H and O–H groups in total. The summed E-state index contributed by atoms with van der Waals surface area (Å²) in [5.74, 6) is 0.730. The minimum Gasteiger partial charge on any atom is -0.482 e. The molecule has 0 aliphatic heterocycles. The van der Waals surface area contributed by atoms with E-state index in [9.17, 15) is 4.79 Å². The summed E-state index contributed by atoms with van der Waals surface area (Å²) < 4.78 is 10.8. The van der Waals surface area contributed by atoms with Gasteiger partial charge in [-0.2, -0.15) is 4.98 Å². The van der Waals surface area contributed by atoms with E-state index in [0.29, 0.717) is 33.5 Å². The van der Waals surface area contributed by atoms with Crippen molar-refractivity contribution < 1.29 is 14.1 Å². The first-order chi connectivity index (χ1) is 14.2. The first kappa shape index (κ1) is 18.6. The number of nitrogens with zero attached hydrogens (tertiary/aromatic N) is 3. The minimum absolute atomic E-state index is 0.193. The van der Waals surface area contributed by atoms with E-state index in [1.54, 1.807) is 60.8 Å². The van der Waals surface area contributed by atoms with Gasteiger partial charge in [-0.1, -0.05) is 47.1 Å². The monoisotopic (exact) mass is 406 g/mol. The van der Waals surface area contributed by atoms with Gasteiger partial charge >= 0.3 is 0 Å². The van der Waals surface area contributed by atoms with Crippen molar-refractivity contribution in [1.82, 2.24) is 15.1 Å². The SMILES string of the molecule is O=C(COc1ccccc1Cl)Nc1ccccc1-c1nc(-c2ccccn2)no1. The number of aromatic nitrogens is 3. The van der Waals surface area contributed by atoms with Gasteiger partial charge in [-0.15, -0.1) is 0 Å². The molecule has 0 bridgehead atoms. The Morgan fingerprint density at radius 1 is 1.03 bits per heavy atom. The highest BCUT2D eigenvalue weighted by Gasteiger charge is 2.16. The number of hydrogen-bond donors (Lipinski definition) is 1. The number of hydrogen-bond acceptors (Lipinski definition) is 6. The molecule has 0 fully saturated rings. The van der Waals surface area contributed by atoms with E-state index in [1.165, 1.54) is 0 Å². The molecule has 144 valence electrons. The Bertz CT molecular complexity index is 1130. The van der Waals surface area contributed by atoms with Gasteiger partial charge in [0.25, 0.3) is 11.8 Å². The van der Waals surface area contributed by atoms with Crippen molar-refractivity contribution in [3.05, 3.63) is 77.9 Å². The Labute approximate surface area is 171 Å². The van der Waals surface area contributed by atoms with Crippen molar-refractivity contribution in [3.8, 4) is 28.7 Å². The lowest BCUT2D eigenvalue weighted by Gasteiger charge is -2.10. The summed E-state index contributed by atoms with van der Waals surface area (Å²) in [7, 11) is 0. The van der Waals surface area contributed by atoms with E-state index in [0.717, 1.165) is 0 Å². The quantitative estimate of drug-likeness (QED) is 0.508. The van der Waals surface area contributed by atoms with Gasteiger partial charge < -0.3 is 14.6 Å². The van der Waals surface area contributed by atoms with E-state index < -0.39 is 0 Å². The third-order valence-corrected chi connectivity index (χ3v) is 4.26. The molecule has 1 amide bonds. The zero-order valence-electron chi connectivity index (χ0n) is 15.1. The minimum atomic E-state index is -0.346. The predicted octanol–water partition coefficient (Wildman–Crippen LogP) is 4.47. The van der Waals surface area contributed by atoms with Crippen LogP contribution in [0.2, 0.25) is 5.02 Å².